The van der Waals surface area contributed by atoms with E-state index in [1.54, 1.807) is 0 Å². The molecule has 4 nitrogen and oxygen atoms in total. The maximum atomic E-state index is 12.0. The lowest BCUT2D eigenvalue weighted by Crippen LogP contribution is -2.62. The van der Waals surface area contributed by atoms with Gasteiger partial charge in [-0.15, -0.1) is 0 Å². The van der Waals surface area contributed by atoms with Crippen molar-refractivity contribution in [1.29, 1.82) is 0 Å². The van der Waals surface area contributed by atoms with Crippen LogP contribution in [-0.2, 0) is 9.59 Å². The van der Waals surface area contributed by atoms with Crippen LogP contribution in [0.3, 0.4) is 0 Å². The summed E-state index contributed by atoms with van der Waals surface area (Å²) in [6.45, 7) is 1.33. The third-order valence-electron chi connectivity index (χ3n) is 1.47. The van der Waals surface area contributed by atoms with E-state index in [0.717, 1.165) is 0 Å². The molecule has 0 aromatic heterocycles. The Labute approximate surface area is 91.3 Å². The van der Waals surface area contributed by atoms with Gasteiger partial charge in [-0.05, 0) is 13.8 Å². The largest absolute Gasteiger partial charge is 0.471 e. The van der Waals surface area contributed by atoms with Crippen LogP contribution in [0.2, 0.25) is 0 Å². The predicted molar refractivity (Wildman–Crippen MR) is 42.2 cm³/mol. The van der Waals surface area contributed by atoms with Gasteiger partial charge in [-0.1, -0.05) is 0 Å². The monoisotopic (exact) mass is 266 g/mol. The molecule has 0 atom stereocenters. The van der Waals surface area contributed by atoms with Gasteiger partial charge < -0.3 is 5.73 Å². The number of carbonyl (C=O) groups is 2. The van der Waals surface area contributed by atoms with Crippen molar-refractivity contribution in [2.24, 2.45) is 5.73 Å². The number of nitrogens with zero attached hydrogens (tertiary/aromatic N) is 1. The molecule has 0 spiro atoms. The van der Waals surface area contributed by atoms with Crippen LogP contribution in [-0.4, -0.2) is 34.7 Å². The molecule has 0 saturated heterocycles. The number of imide groups is 1. The SMILES string of the molecule is CC(C)(N)N(C(=O)C(F)(F)F)C(=O)C(F)(F)F. The first-order valence-electron chi connectivity index (χ1n) is 4.00. The summed E-state index contributed by atoms with van der Waals surface area (Å²) in [6.07, 6.45) is -11.3. The molecule has 2 N–H and O–H groups in total. The maximum absolute atomic E-state index is 12.0. The molecule has 10 heteroatoms. The molecule has 0 aliphatic rings. The van der Waals surface area contributed by atoms with Crippen molar-refractivity contribution in [2.75, 3.05) is 0 Å². The van der Waals surface area contributed by atoms with E-state index in [4.69, 9.17) is 5.73 Å². The Morgan fingerprint density at radius 2 is 1.12 bits per heavy atom. The Kier molecular flexibility index (Phi) is 3.84. The highest BCUT2D eigenvalue weighted by atomic mass is 19.4. The molecule has 0 aliphatic carbocycles. The molecule has 0 bridgehead atoms. The highest BCUT2D eigenvalue weighted by Gasteiger charge is 2.55. The van der Waals surface area contributed by atoms with Gasteiger partial charge in [0.1, 0.15) is 0 Å². The van der Waals surface area contributed by atoms with Crippen molar-refractivity contribution in [3.05, 3.63) is 0 Å². The first kappa shape index (κ1) is 15.7. The first-order valence-corrected chi connectivity index (χ1v) is 4.00. The lowest BCUT2D eigenvalue weighted by atomic mass is 10.2. The highest BCUT2D eigenvalue weighted by molar-refractivity contribution is 6.00. The molecule has 0 radical (unpaired) electrons. The Bertz CT molecular complexity index is 301. The fourth-order valence-electron chi connectivity index (χ4n) is 0.869. The summed E-state index contributed by atoms with van der Waals surface area (Å²) >= 11 is 0. The van der Waals surface area contributed by atoms with E-state index in [1.165, 1.54) is 0 Å². The summed E-state index contributed by atoms with van der Waals surface area (Å²) in [6, 6.07) is 0. The van der Waals surface area contributed by atoms with Gasteiger partial charge in [0.2, 0.25) is 0 Å². The lowest BCUT2D eigenvalue weighted by molar-refractivity contribution is -0.210. The van der Waals surface area contributed by atoms with Crippen LogP contribution in [0, 0.1) is 0 Å². The van der Waals surface area contributed by atoms with Gasteiger partial charge in [0.25, 0.3) is 0 Å². The molecule has 0 heterocycles. The third kappa shape index (κ3) is 3.88. The van der Waals surface area contributed by atoms with E-state index in [2.05, 4.69) is 0 Å². The minimum atomic E-state index is -5.63. The van der Waals surface area contributed by atoms with E-state index in [-0.39, 0.29) is 0 Å². The van der Waals surface area contributed by atoms with Gasteiger partial charge in [-0.2, -0.15) is 26.3 Å². The summed E-state index contributed by atoms with van der Waals surface area (Å²) in [5.41, 5.74) is 2.53. The van der Waals surface area contributed by atoms with Crippen LogP contribution in [0.4, 0.5) is 26.3 Å². The topological polar surface area (TPSA) is 63.4 Å². The first-order chi connectivity index (χ1) is 7.19. The minimum absolute atomic E-state index is 0.667. The Morgan fingerprint density at radius 1 is 0.882 bits per heavy atom. The van der Waals surface area contributed by atoms with E-state index >= 15 is 0 Å². The molecule has 0 unspecified atom stereocenters. The van der Waals surface area contributed by atoms with Crippen LogP contribution >= 0.6 is 0 Å². The number of nitrogens with two attached hydrogens (primary N) is 1. The number of carbonyl (C=O) groups excluding carboxylic acids is 2. The Morgan fingerprint density at radius 3 is 1.24 bits per heavy atom. The lowest BCUT2D eigenvalue weighted by Gasteiger charge is -2.34. The fourth-order valence-corrected chi connectivity index (χ4v) is 0.869. The van der Waals surface area contributed by atoms with Crippen molar-refractivity contribution in [2.45, 2.75) is 31.9 Å². The van der Waals surface area contributed by atoms with Crippen LogP contribution < -0.4 is 5.73 Å². The molecule has 0 saturated carbocycles. The summed E-state index contributed by atoms with van der Waals surface area (Å²) in [7, 11) is 0. The van der Waals surface area contributed by atoms with Gasteiger partial charge in [-0.25, -0.2) is 4.90 Å². The zero-order valence-electron chi connectivity index (χ0n) is 8.61. The van der Waals surface area contributed by atoms with Gasteiger partial charge >= 0.3 is 24.2 Å². The van der Waals surface area contributed by atoms with Crippen molar-refractivity contribution >= 4 is 11.8 Å². The van der Waals surface area contributed by atoms with Crippen LogP contribution in [0.25, 0.3) is 0 Å². The second kappa shape index (κ2) is 4.17. The average Bonchev–Trinajstić information content (AvgIpc) is 1.97. The average molecular weight is 266 g/mol. The molecule has 0 aromatic carbocycles. The number of rotatable bonds is 1. The maximum Gasteiger partial charge on any atom is 0.471 e. The van der Waals surface area contributed by atoms with E-state index in [0.29, 0.717) is 13.8 Å². The predicted octanol–water partition coefficient (Wildman–Crippen LogP) is 1.16. The van der Waals surface area contributed by atoms with Crippen molar-refractivity contribution in [3.8, 4) is 0 Å². The van der Waals surface area contributed by atoms with E-state index in [9.17, 15) is 35.9 Å². The van der Waals surface area contributed by atoms with E-state index < -0.39 is 34.7 Å². The fraction of sp³-hybridized carbons (Fsp3) is 0.714. The zero-order valence-corrected chi connectivity index (χ0v) is 8.61. The van der Waals surface area contributed by atoms with Gasteiger partial charge in [-0.3, -0.25) is 9.59 Å². The molecule has 100 valence electrons. The number of alkyl halides is 6. The summed E-state index contributed by atoms with van der Waals surface area (Å²) in [5.74, 6) is -5.93. The highest BCUT2D eigenvalue weighted by Crippen LogP contribution is 2.27. The molecule has 17 heavy (non-hydrogen) atoms. The normalized spacial score (nSPS) is 13.5. The molecule has 0 rings (SSSR count). The molecular formula is C7H8F6N2O2. The van der Waals surface area contributed by atoms with Crippen molar-refractivity contribution in [3.63, 3.8) is 0 Å². The van der Waals surface area contributed by atoms with Crippen LogP contribution in [0.15, 0.2) is 0 Å². The van der Waals surface area contributed by atoms with Gasteiger partial charge in [0, 0.05) is 0 Å². The summed E-state index contributed by atoms with van der Waals surface area (Å²) in [5, 5.41) is 0. The number of hydrogen-bond donors (Lipinski definition) is 1. The Hall–Kier alpha value is -1.32. The minimum Gasteiger partial charge on any atom is -0.309 e. The molecule has 2 amide bonds. The summed E-state index contributed by atoms with van der Waals surface area (Å²) in [4.78, 5) is 20.3. The van der Waals surface area contributed by atoms with Gasteiger partial charge in [0.05, 0.1) is 5.66 Å². The van der Waals surface area contributed by atoms with Crippen molar-refractivity contribution < 1.29 is 35.9 Å². The van der Waals surface area contributed by atoms with E-state index in [1.807, 2.05) is 0 Å². The quantitative estimate of drug-likeness (QED) is 0.572. The Balaban J connectivity index is 5.50. The third-order valence-corrected chi connectivity index (χ3v) is 1.47. The number of halogens is 6. The molecule has 0 fully saturated rings. The standard InChI is InChI=1S/C7H8F6N2O2/c1-5(2,14)15(3(16)6(8,9)10)4(17)7(11,12)13/h14H2,1-2H3. The second-order valence-corrected chi connectivity index (χ2v) is 3.59. The van der Waals surface area contributed by atoms with Crippen molar-refractivity contribution in [1.82, 2.24) is 4.90 Å². The second-order valence-electron chi connectivity index (χ2n) is 3.59. The van der Waals surface area contributed by atoms with Crippen LogP contribution in [0.5, 0.6) is 0 Å². The number of amides is 2. The van der Waals surface area contributed by atoms with Gasteiger partial charge in [0.15, 0.2) is 0 Å². The molecule has 0 aliphatic heterocycles. The number of hydrogen-bond acceptors (Lipinski definition) is 3. The molecular weight excluding hydrogens is 258 g/mol. The van der Waals surface area contributed by atoms with Crippen LogP contribution in [0.1, 0.15) is 13.8 Å². The zero-order chi connectivity index (χ0) is 14.2. The summed E-state index contributed by atoms with van der Waals surface area (Å²) < 4.78 is 72.1. The smallest absolute Gasteiger partial charge is 0.309 e. The molecule has 0 aromatic rings.